The lowest BCUT2D eigenvalue weighted by Gasteiger charge is -2.07. The zero-order valence-electron chi connectivity index (χ0n) is 6.39. The Hall–Kier alpha value is -0.0500. The molecule has 2 nitrogen and oxygen atoms in total. The molecule has 1 unspecified atom stereocenters. The van der Waals surface area contributed by atoms with Gasteiger partial charge in [-0.2, -0.15) is 0 Å². The van der Waals surface area contributed by atoms with E-state index in [9.17, 15) is 4.79 Å². The first-order chi connectivity index (χ1) is 4.76. The molecule has 0 bridgehead atoms. The number of hydrogen-bond donors (Lipinski definition) is 0. The molecule has 0 rings (SSSR count). The van der Waals surface area contributed by atoms with E-state index in [-0.39, 0.29) is 11.9 Å². The Labute approximate surface area is 70.4 Å². The molecule has 0 heterocycles. The Bertz CT molecular complexity index is 104. The van der Waals surface area contributed by atoms with E-state index in [0.29, 0.717) is 0 Å². The summed E-state index contributed by atoms with van der Waals surface area (Å²) in [4.78, 5) is 10.9. The van der Waals surface area contributed by atoms with Crippen LogP contribution >= 0.6 is 16.3 Å². The molecule has 60 valence electrons. The van der Waals surface area contributed by atoms with Crippen LogP contribution in [0, 0.1) is 5.92 Å². The van der Waals surface area contributed by atoms with Gasteiger partial charge in [0.15, 0.2) is 16.3 Å². The van der Waals surface area contributed by atoms with Gasteiger partial charge in [0, 0.05) is 0 Å². The van der Waals surface area contributed by atoms with Gasteiger partial charge in [-0.15, -0.1) is 0 Å². The van der Waals surface area contributed by atoms with E-state index >= 15 is 0 Å². The predicted molar refractivity (Wildman–Crippen MR) is 43.7 cm³/mol. The molecule has 0 fully saturated rings. The van der Waals surface area contributed by atoms with E-state index in [1.165, 1.54) is 0 Å². The molecular weight excluding hydrogens is 196 g/mol. The lowest BCUT2D eigenvalue weighted by atomic mass is 10.0. The van der Waals surface area contributed by atoms with Gasteiger partial charge in [-0.05, 0) is 12.8 Å². The third-order valence-corrected chi connectivity index (χ3v) is 1.86. The van der Waals surface area contributed by atoms with E-state index < -0.39 is 0 Å². The SMILES string of the molecule is CCCC(CC)C(=O)OBr. The van der Waals surface area contributed by atoms with Crippen LogP contribution in [0.2, 0.25) is 0 Å². The molecule has 10 heavy (non-hydrogen) atoms. The number of rotatable bonds is 4. The Kier molecular flexibility index (Phi) is 5.69. The molecule has 0 saturated carbocycles. The minimum atomic E-state index is -0.149. The maximum absolute atomic E-state index is 10.9. The summed E-state index contributed by atoms with van der Waals surface area (Å²) in [6, 6.07) is 0. The van der Waals surface area contributed by atoms with Gasteiger partial charge in [-0.1, -0.05) is 20.3 Å². The van der Waals surface area contributed by atoms with Crippen LogP contribution < -0.4 is 0 Å². The van der Waals surface area contributed by atoms with Crippen LogP contribution in [0.5, 0.6) is 0 Å². The summed E-state index contributed by atoms with van der Waals surface area (Å²) in [6.07, 6.45) is 2.81. The second-order valence-corrected chi connectivity index (χ2v) is 2.61. The molecule has 0 aliphatic rings. The van der Waals surface area contributed by atoms with E-state index in [0.717, 1.165) is 19.3 Å². The average molecular weight is 209 g/mol. The van der Waals surface area contributed by atoms with Crippen LogP contribution in [0.3, 0.4) is 0 Å². The van der Waals surface area contributed by atoms with Crippen molar-refractivity contribution in [3.05, 3.63) is 0 Å². The molecular formula is C7H13BrO2. The molecule has 0 aliphatic carbocycles. The van der Waals surface area contributed by atoms with Gasteiger partial charge in [0.25, 0.3) is 0 Å². The first kappa shape index (κ1) is 9.95. The second kappa shape index (κ2) is 5.71. The highest BCUT2D eigenvalue weighted by molar-refractivity contribution is 9.06. The largest absolute Gasteiger partial charge is 0.383 e. The van der Waals surface area contributed by atoms with Crippen LogP contribution in [0.4, 0.5) is 0 Å². The standard InChI is InChI=1S/C7H13BrO2/c1-3-5-6(4-2)7(9)10-8/h6H,3-5H2,1-2H3. The first-order valence-electron chi connectivity index (χ1n) is 3.58. The van der Waals surface area contributed by atoms with Crippen LogP contribution in [-0.4, -0.2) is 5.97 Å². The molecule has 0 aromatic heterocycles. The van der Waals surface area contributed by atoms with Crippen LogP contribution in [-0.2, 0) is 8.62 Å². The molecule has 0 radical (unpaired) electrons. The molecule has 0 aromatic rings. The fraction of sp³-hybridized carbons (Fsp3) is 0.857. The molecule has 0 spiro atoms. The maximum atomic E-state index is 10.9. The van der Waals surface area contributed by atoms with Crippen molar-refractivity contribution in [1.82, 2.24) is 0 Å². The van der Waals surface area contributed by atoms with Gasteiger partial charge < -0.3 is 3.83 Å². The molecule has 3 heteroatoms. The van der Waals surface area contributed by atoms with Crippen molar-refractivity contribution in [3.63, 3.8) is 0 Å². The zero-order chi connectivity index (χ0) is 7.98. The first-order valence-corrected chi connectivity index (χ1v) is 4.23. The summed E-state index contributed by atoms with van der Waals surface area (Å²) in [7, 11) is 0. The fourth-order valence-electron chi connectivity index (χ4n) is 0.900. The molecule has 0 saturated heterocycles. The zero-order valence-corrected chi connectivity index (χ0v) is 7.98. The van der Waals surface area contributed by atoms with Gasteiger partial charge in [0.2, 0.25) is 0 Å². The van der Waals surface area contributed by atoms with Gasteiger partial charge in [-0.3, -0.25) is 4.79 Å². The summed E-state index contributed by atoms with van der Waals surface area (Å²) < 4.78 is 4.43. The number of carbonyl (C=O) groups excluding carboxylic acids is 1. The minimum Gasteiger partial charge on any atom is -0.383 e. The van der Waals surface area contributed by atoms with Crippen molar-refractivity contribution < 1.29 is 8.62 Å². The number of hydrogen-bond acceptors (Lipinski definition) is 2. The normalized spacial score (nSPS) is 12.7. The highest BCUT2D eigenvalue weighted by Gasteiger charge is 2.15. The Balaban J connectivity index is 3.68. The number of carbonyl (C=O) groups is 1. The summed E-state index contributed by atoms with van der Waals surface area (Å²) >= 11 is 2.68. The van der Waals surface area contributed by atoms with Crippen LogP contribution in [0.1, 0.15) is 33.1 Å². The average Bonchev–Trinajstić information content (AvgIpc) is 1.99. The maximum Gasteiger partial charge on any atom is 0.320 e. The molecule has 0 N–H and O–H groups in total. The summed E-state index contributed by atoms with van der Waals surface area (Å²) in [5.41, 5.74) is 0. The predicted octanol–water partition coefficient (Wildman–Crippen LogP) is 2.67. The molecule has 0 aromatic carbocycles. The van der Waals surface area contributed by atoms with Crippen LogP contribution in [0.25, 0.3) is 0 Å². The van der Waals surface area contributed by atoms with Crippen molar-refractivity contribution in [1.29, 1.82) is 0 Å². The lowest BCUT2D eigenvalue weighted by Crippen LogP contribution is -2.12. The van der Waals surface area contributed by atoms with Crippen molar-refractivity contribution in [2.45, 2.75) is 33.1 Å². The van der Waals surface area contributed by atoms with E-state index in [4.69, 9.17) is 0 Å². The molecule has 1 atom stereocenters. The highest BCUT2D eigenvalue weighted by Crippen LogP contribution is 2.13. The Morgan fingerprint density at radius 3 is 2.50 bits per heavy atom. The smallest absolute Gasteiger partial charge is 0.320 e. The highest BCUT2D eigenvalue weighted by atomic mass is 79.9. The van der Waals surface area contributed by atoms with Gasteiger partial charge in [-0.25, -0.2) is 0 Å². The summed E-state index contributed by atoms with van der Waals surface area (Å²) in [5, 5.41) is 0. The van der Waals surface area contributed by atoms with Crippen molar-refractivity contribution in [2.24, 2.45) is 5.92 Å². The summed E-state index contributed by atoms with van der Waals surface area (Å²) in [5.74, 6) is -0.0753. The molecule has 0 amide bonds. The Morgan fingerprint density at radius 1 is 1.60 bits per heavy atom. The van der Waals surface area contributed by atoms with Crippen molar-refractivity contribution >= 4 is 22.2 Å². The monoisotopic (exact) mass is 208 g/mol. The van der Waals surface area contributed by atoms with E-state index in [2.05, 4.69) is 27.0 Å². The number of halogens is 1. The topological polar surface area (TPSA) is 26.3 Å². The van der Waals surface area contributed by atoms with E-state index in [1.807, 2.05) is 6.92 Å². The fourth-order valence-corrected chi connectivity index (χ4v) is 1.16. The van der Waals surface area contributed by atoms with Gasteiger partial charge in [0.05, 0.1) is 5.92 Å². The summed E-state index contributed by atoms with van der Waals surface area (Å²) in [6.45, 7) is 4.05. The second-order valence-electron chi connectivity index (χ2n) is 2.29. The van der Waals surface area contributed by atoms with Crippen molar-refractivity contribution in [3.8, 4) is 0 Å². The molecule has 0 aliphatic heterocycles. The quantitative estimate of drug-likeness (QED) is 0.711. The third kappa shape index (κ3) is 3.20. The lowest BCUT2D eigenvalue weighted by molar-refractivity contribution is -0.137. The van der Waals surface area contributed by atoms with Crippen molar-refractivity contribution in [2.75, 3.05) is 0 Å². The van der Waals surface area contributed by atoms with Crippen LogP contribution in [0.15, 0.2) is 0 Å². The third-order valence-electron chi connectivity index (χ3n) is 1.54. The van der Waals surface area contributed by atoms with E-state index in [1.54, 1.807) is 0 Å². The minimum absolute atomic E-state index is 0.0735. The Morgan fingerprint density at radius 2 is 2.20 bits per heavy atom. The van der Waals surface area contributed by atoms with Gasteiger partial charge in [0.1, 0.15) is 0 Å². The van der Waals surface area contributed by atoms with Gasteiger partial charge >= 0.3 is 5.97 Å².